The molecule has 2 aromatic carbocycles. The third-order valence-electron chi connectivity index (χ3n) is 5.49. The van der Waals surface area contributed by atoms with Gasteiger partial charge in [-0.15, -0.1) is 11.8 Å². The van der Waals surface area contributed by atoms with Crippen LogP contribution in [-0.2, 0) is 14.3 Å². The zero-order valence-electron chi connectivity index (χ0n) is 18.7. The maximum absolute atomic E-state index is 13.7. The standard InChI is InChI=1S/C24H30N2O4S/c1-16(2)25(4)14-15-26-20-8-6-7-9-21(20)31-23(22(24(26)28)30-17(3)27)18-10-12-19(29-5)13-11-18/h6-13,16,22-23H,14-15H2,1-5H3/t22-,23+/m0/s1. The number of hydrogen-bond acceptors (Lipinski definition) is 6. The molecule has 1 heterocycles. The van der Waals surface area contributed by atoms with Crippen LogP contribution in [0.25, 0.3) is 0 Å². The predicted octanol–water partition coefficient (Wildman–Crippen LogP) is 4.15. The van der Waals surface area contributed by atoms with Crippen molar-refractivity contribution in [3.63, 3.8) is 0 Å². The van der Waals surface area contributed by atoms with Crippen LogP contribution in [0.2, 0.25) is 0 Å². The van der Waals surface area contributed by atoms with Crippen LogP contribution in [0.3, 0.4) is 0 Å². The lowest BCUT2D eigenvalue weighted by Gasteiger charge is -2.30. The summed E-state index contributed by atoms with van der Waals surface area (Å²) in [7, 11) is 3.65. The highest BCUT2D eigenvalue weighted by atomic mass is 32.2. The highest BCUT2D eigenvalue weighted by Gasteiger charge is 2.40. The van der Waals surface area contributed by atoms with Gasteiger partial charge in [-0.25, -0.2) is 0 Å². The van der Waals surface area contributed by atoms with Gasteiger partial charge in [-0.05, 0) is 50.7 Å². The van der Waals surface area contributed by atoms with E-state index in [1.165, 1.54) is 6.92 Å². The summed E-state index contributed by atoms with van der Waals surface area (Å²) in [6.45, 7) is 6.81. The number of esters is 1. The van der Waals surface area contributed by atoms with Crippen LogP contribution in [0.15, 0.2) is 53.4 Å². The Morgan fingerprint density at radius 2 is 1.84 bits per heavy atom. The van der Waals surface area contributed by atoms with Gasteiger partial charge in [0.05, 0.1) is 18.0 Å². The van der Waals surface area contributed by atoms with Crippen molar-refractivity contribution in [2.24, 2.45) is 0 Å². The van der Waals surface area contributed by atoms with E-state index in [9.17, 15) is 9.59 Å². The molecule has 2 atom stereocenters. The summed E-state index contributed by atoms with van der Waals surface area (Å²) >= 11 is 1.55. The number of ether oxygens (including phenoxy) is 2. The second-order valence-corrected chi connectivity index (χ2v) is 9.06. The Kier molecular flexibility index (Phi) is 7.62. The monoisotopic (exact) mass is 442 g/mol. The predicted molar refractivity (Wildman–Crippen MR) is 124 cm³/mol. The number of para-hydroxylation sites is 1. The third-order valence-corrected chi connectivity index (χ3v) is 6.86. The quantitative estimate of drug-likeness (QED) is 0.601. The SMILES string of the molecule is COc1ccc([C@H]2Sc3ccccc3N(CCN(C)C(C)C)C(=O)[C@H]2OC(C)=O)cc1. The fourth-order valence-electron chi connectivity index (χ4n) is 3.45. The van der Waals surface area contributed by atoms with Crippen LogP contribution in [0.4, 0.5) is 5.69 Å². The maximum atomic E-state index is 13.7. The van der Waals surface area contributed by atoms with E-state index in [1.54, 1.807) is 23.8 Å². The minimum absolute atomic E-state index is 0.203. The molecule has 166 valence electrons. The minimum atomic E-state index is -0.923. The molecule has 0 saturated carbocycles. The van der Waals surface area contributed by atoms with Crippen molar-refractivity contribution in [1.82, 2.24) is 4.90 Å². The van der Waals surface area contributed by atoms with Gasteiger partial charge >= 0.3 is 5.97 Å². The summed E-state index contributed by atoms with van der Waals surface area (Å²) in [5.41, 5.74) is 1.75. The molecule has 6 nitrogen and oxygen atoms in total. The molecular formula is C24H30N2O4S. The largest absolute Gasteiger partial charge is 0.497 e. The van der Waals surface area contributed by atoms with E-state index in [-0.39, 0.29) is 11.2 Å². The van der Waals surface area contributed by atoms with E-state index in [0.29, 0.717) is 19.1 Å². The van der Waals surface area contributed by atoms with E-state index < -0.39 is 12.1 Å². The van der Waals surface area contributed by atoms with Gasteiger partial charge in [0.25, 0.3) is 5.91 Å². The van der Waals surface area contributed by atoms with Crippen LogP contribution in [-0.4, -0.2) is 56.2 Å². The van der Waals surface area contributed by atoms with Crippen LogP contribution < -0.4 is 9.64 Å². The number of thioether (sulfide) groups is 1. The van der Waals surface area contributed by atoms with Crippen LogP contribution >= 0.6 is 11.8 Å². The Bertz CT molecular complexity index is 916. The Hall–Kier alpha value is -2.51. The van der Waals surface area contributed by atoms with E-state index in [2.05, 4.69) is 18.7 Å². The molecule has 1 amide bonds. The van der Waals surface area contributed by atoms with Crippen molar-refractivity contribution in [2.45, 2.75) is 43.1 Å². The lowest BCUT2D eigenvalue weighted by Crippen LogP contribution is -2.46. The fourth-order valence-corrected chi connectivity index (χ4v) is 4.77. The van der Waals surface area contributed by atoms with Crippen molar-refractivity contribution in [1.29, 1.82) is 0 Å². The fraction of sp³-hybridized carbons (Fsp3) is 0.417. The Morgan fingerprint density at radius 3 is 2.45 bits per heavy atom. The smallest absolute Gasteiger partial charge is 0.303 e. The van der Waals surface area contributed by atoms with Crippen molar-refractivity contribution < 1.29 is 19.1 Å². The van der Waals surface area contributed by atoms with Crippen LogP contribution in [0, 0.1) is 0 Å². The molecule has 0 fully saturated rings. The number of fused-ring (bicyclic) bond motifs is 1. The van der Waals surface area contributed by atoms with Gasteiger partial charge in [0.1, 0.15) is 5.75 Å². The van der Waals surface area contributed by atoms with Gasteiger partial charge in [-0.1, -0.05) is 24.3 Å². The number of carbonyl (C=O) groups excluding carboxylic acids is 2. The number of rotatable bonds is 7. The molecule has 2 aromatic rings. The molecular weight excluding hydrogens is 412 g/mol. The number of benzene rings is 2. The average Bonchev–Trinajstić information content (AvgIpc) is 2.87. The summed E-state index contributed by atoms with van der Waals surface area (Å²) in [5, 5.41) is -0.365. The Morgan fingerprint density at radius 1 is 1.16 bits per heavy atom. The first-order valence-corrected chi connectivity index (χ1v) is 11.3. The van der Waals surface area contributed by atoms with Gasteiger partial charge in [-0.3, -0.25) is 9.59 Å². The second-order valence-electron chi connectivity index (χ2n) is 7.87. The van der Waals surface area contributed by atoms with Crippen molar-refractivity contribution in [3.8, 4) is 5.75 Å². The summed E-state index contributed by atoms with van der Waals surface area (Å²) in [6, 6.07) is 15.8. The third kappa shape index (κ3) is 5.40. The highest BCUT2D eigenvalue weighted by molar-refractivity contribution is 7.99. The number of hydrogen-bond donors (Lipinski definition) is 0. The van der Waals surface area contributed by atoms with Gasteiger partial charge in [-0.2, -0.15) is 0 Å². The lowest BCUT2D eigenvalue weighted by atomic mass is 10.1. The number of carbonyl (C=O) groups is 2. The van der Waals surface area contributed by atoms with E-state index in [4.69, 9.17) is 9.47 Å². The van der Waals surface area contributed by atoms with Gasteiger partial charge in [0.15, 0.2) is 6.10 Å². The molecule has 0 spiro atoms. The molecule has 7 heteroatoms. The van der Waals surface area contributed by atoms with Crippen LogP contribution in [0.1, 0.15) is 31.6 Å². The van der Waals surface area contributed by atoms with Crippen molar-refractivity contribution >= 4 is 29.3 Å². The first-order valence-electron chi connectivity index (χ1n) is 10.4. The molecule has 0 bridgehead atoms. The molecule has 0 aromatic heterocycles. The number of methoxy groups -OCH3 is 1. The number of amides is 1. The number of likely N-dealkylation sites (N-methyl/N-ethyl adjacent to an activating group) is 1. The van der Waals surface area contributed by atoms with E-state index in [0.717, 1.165) is 21.9 Å². The molecule has 0 aliphatic carbocycles. The summed E-state index contributed by atoms with van der Waals surface area (Å²) in [5.74, 6) is 0.0600. The molecule has 3 rings (SSSR count). The molecule has 31 heavy (non-hydrogen) atoms. The Balaban J connectivity index is 2.02. The van der Waals surface area contributed by atoms with E-state index >= 15 is 0 Å². The summed E-state index contributed by atoms with van der Waals surface area (Å²) in [6.07, 6.45) is -0.923. The molecule has 0 N–H and O–H groups in total. The molecule has 0 radical (unpaired) electrons. The molecule has 1 aliphatic heterocycles. The first kappa shape index (κ1) is 23.2. The number of nitrogens with zero attached hydrogens (tertiary/aromatic N) is 2. The minimum Gasteiger partial charge on any atom is -0.497 e. The zero-order valence-corrected chi connectivity index (χ0v) is 19.5. The normalized spacial score (nSPS) is 18.7. The topological polar surface area (TPSA) is 59.1 Å². The molecule has 1 aliphatic rings. The first-order chi connectivity index (χ1) is 14.8. The van der Waals surface area contributed by atoms with Crippen molar-refractivity contribution in [3.05, 3.63) is 54.1 Å². The van der Waals surface area contributed by atoms with Gasteiger partial charge < -0.3 is 19.3 Å². The van der Waals surface area contributed by atoms with Crippen LogP contribution in [0.5, 0.6) is 5.75 Å². The highest BCUT2D eigenvalue weighted by Crippen LogP contribution is 2.46. The summed E-state index contributed by atoms with van der Waals surface area (Å²) < 4.78 is 10.9. The lowest BCUT2D eigenvalue weighted by molar-refractivity contribution is -0.152. The zero-order chi connectivity index (χ0) is 22.5. The van der Waals surface area contributed by atoms with Gasteiger partial charge in [0, 0.05) is 31.0 Å². The summed E-state index contributed by atoms with van der Waals surface area (Å²) in [4.78, 5) is 30.6. The average molecular weight is 443 g/mol. The van der Waals surface area contributed by atoms with Gasteiger partial charge in [0.2, 0.25) is 0 Å². The molecule has 0 unspecified atom stereocenters. The maximum Gasteiger partial charge on any atom is 0.303 e. The van der Waals surface area contributed by atoms with Crippen molar-refractivity contribution in [2.75, 3.05) is 32.1 Å². The van der Waals surface area contributed by atoms with E-state index in [1.807, 2.05) is 55.6 Å². The Labute approximate surface area is 188 Å². The molecule has 0 saturated heterocycles. The number of anilines is 1. The second kappa shape index (κ2) is 10.2.